The summed E-state index contributed by atoms with van der Waals surface area (Å²) in [4.78, 5) is 21.1. The van der Waals surface area contributed by atoms with Crippen molar-refractivity contribution in [3.63, 3.8) is 0 Å². The standard InChI is InChI=1S/C7H12O3.C6H11NO2/c1-5(2)7(9)10-4-6(3)8;1-5(2)6(8)9-4-3-7/h6,8H,1,4H2,2-3H3;1,3-4,7H2,2H3. The van der Waals surface area contributed by atoms with Gasteiger partial charge in [0.2, 0.25) is 0 Å². The number of hydrogen-bond acceptors (Lipinski definition) is 6. The lowest BCUT2D eigenvalue weighted by molar-refractivity contribution is -0.141. The van der Waals surface area contributed by atoms with Crippen LogP contribution in [-0.4, -0.2) is 42.9 Å². The number of hydrogen-bond donors (Lipinski definition) is 2. The summed E-state index contributed by atoms with van der Waals surface area (Å²) in [6, 6.07) is 0. The molecule has 0 fully saturated rings. The van der Waals surface area contributed by atoms with E-state index >= 15 is 0 Å². The van der Waals surface area contributed by atoms with Crippen LogP contribution >= 0.6 is 0 Å². The Kier molecular flexibility index (Phi) is 11.8. The van der Waals surface area contributed by atoms with Crippen LogP contribution in [0.25, 0.3) is 0 Å². The second-order valence-corrected chi connectivity index (χ2v) is 3.93. The zero-order valence-electron chi connectivity index (χ0n) is 11.8. The van der Waals surface area contributed by atoms with E-state index in [9.17, 15) is 9.59 Å². The highest BCUT2D eigenvalue weighted by Gasteiger charge is 2.03. The molecule has 0 heterocycles. The Morgan fingerprint density at radius 1 is 1.16 bits per heavy atom. The van der Waals surface area contributed by atoms with Crippen LogP contribution in [0.2, 0.25) is 0 Å². The van der Waals surface area contributed by atoms with Crippen LogP contribution in [0.3, 0.4) is 0 Å². The Morgan fingerprint density at radius 2 is 1.58 bits per heavy atom. The van der Waals surface area contributed by atoms with Crippen molar-refractivity contribution in [1.82, 2.24) is 0 Å². The first-order valence-electron chi connectivity index (χ1n) is 5.75. The molecule has 0 aliphatic carbocycles. The van der Waals surface area contributed by atoms with E-state index in [0.29, 0.717) is 17.7 Å². The van der Waals surface area contributed by atoms with Gasteiger partial charge in [-0.3, -0.25) is 0 Å². The third-order valence-electron chi connectivity index (χ3n) is 1.50. The zero-order chi connectivity index (χ0) is 15.4. The van der Waals surface area contributed by atoms with Crippen molar-refractivity contribution in [3.8, 4) is 0 Å². The van der Waals surface area contributed by atoms with Gasteiger partial charge in [0.1, 0.15) is 13.2 Å². The number of aliphatic hydroxyl groups excluding tert-OH is 1. The van der Waals surface area contributed by atoms with Crippen LogP contribution in [-0.2, 0) is 19.1 Å². The molecule has 0 aromatic heterocycles. The molecule has 6 nitrogen and oxygen atoms in total. The van der Waals surface area contributed by atoms with Gasteiger partial charge in [0, 0.05) is 17.7 Å². The van der Waals surface area contributed by atoms with E-state index in [1.807, 2.05) is 0 Å². The van der Waals surface area contributed by atoms with Crippen LogP contribution in [0.4, 0.5) is 0 Å². The lowest BCUT2D eigenvalue weighted by atomic mass is 10.3. The number of ether oxygens (including phenoxy) is 2. The molecule has 0 rings (SSSR count). The van der Waals surface area contributed by atoms with Crippen molar-refractivity contribution in [2.45, 2.75) is 26.9 Å². The van der Waals surface area contributed by atoms with Crippen LogP contribution in [0.1, 0.15) is 20.8 Å². The van der Waals surface area contributed by atoms with Crippen LogP contribution < -0.4 is 5.73 Å². The van der Waals surface area contributed by atoms with Crippen LogP contribution in [0, 0.1) is 0 Å². The lowest BCUT2D eigenvalue weighted by Gasteiger charge is -2.04. The molecule has 19 heavy (non-hydrogen) atoms. The van der Waals surface area contributed by atoms with E-state index in [2.05, 4.69) is 22.6 Å². The van der Waals surface area contributed by atoms with Gasteiger partial charge in [-0.1, -0.05) is 13.2 Å². The summed E-state index contributed by atoms with van der Waals surface area (Å²) < 4.78 is 9.17. The molecule has 1 unspecified atom stereocenters. The Balaban J connectivity index is 0. The topological polar surface area (TPSA) is 98.8 Å². The lowest BCUT2D eigenvalue weighted by Crippen LogP contribution is -2.15. The molecular formula is C13H23NO5. The minimum absolute atomic E-state index is 0.0334. The highest BCUT2D eigenvalue weighted by Crippen LogP contribution is 1.92. The third kappa shape index (κ3) is 14.3. The van der Waals surface area contributed by atoms with Crippen molar-refractivity contribution in [3.05, 3.63) is 24.3 Å². The molecule has 3 N–H and O–H groups in total. The van der Waals surface area contributed by atoms with E-state index in [1.54, 1.807) is 20.8 Å². The van der Waals surface area contributed by atoms with Crippen LogP contribution in [0.5, 0.6) is 0 Å². The van der Waals surface area contributed by atoms with Gasteiger partial charge in [0.15, 0.2) is 0 Å². The summed E-state index contributed by atoms with van der Waals surface area (Å²) >= 11 is 0. The molecule has 0 aliphatic rings. The molecule has 0 spiro atoms. The first-order chi connectivity index (χ1) is 8.72. The molecular weight excluding hydrogens is 250 g/mol. The van der Waals surface area contributed by atoms with Crippen LogP contribution in [0.15, 0.2) is 24.3 Å². The van der Waals surface area contributed by atoms with Gasteiger partial charge in [-0.15, -0.1) is 0 Å². The van der Waals surface area contributed by atoms with Gasteiger partial charge in [-0.25, -0.2) is 9.59 Å². The summed E-state index contributed by atoms with van der Waals surface area (Å²) in [6.07, 6.45) is -0.608. The molecule has 0 radical (unpaired) electrons. The van der Waals surface area contributed by atoms with Gasteiger partial charge < -0.3 is 20.3 Å². The Morgan fingerprint density at radius 3 is 1.89 bits per heavy atom. The molecule has 0 amide bonds. The number of carbonyl (C=O) groups is 2. The van der Waals surface area contributed by atoms with Crippen molar-refractivity contribution in [2.75, 3.05) is 19.8 Å². The van der Waals surface area contributed by atoms with Crippen molar-refractivity contribution in [1.29, 1.82) is 0 Å². The minimum atomic E-state index is -0.608. The highest BCUT2D eigenvalue weighted by molar-refractivity contribution is 5.87. The average molecular weight is 273 g/mol. The van der Waals surface area contributed by atoms with Gasteiger partial charge in [0.05, 0.1) is 6.10 Å². The Labute approximate surface area is 113 Å². The molecule has 0 bridgehead atoms. The van der Waals surface area contributed by atoms with Crippen molar-refractivity contribution < 1.29 is 24.2 Å². The first kappa shape index (κ1) is 19.7. The van der Waals surface area contributed by atoms with Gasteiger partial charge >= 0.3 is 11.9 Å². The Hall–Kier alpha value is -1.66. The van der Waals surface area contributed by atoms with Gasteiger partial charge in [0.25, 0.3) is 0 Å². The monoisotopic (exact) mass is 273 g/mol. The number of rotatable bonds is 6. The van der Waals surface area contributed by atoms with E-state index in [4.69, 9.17) is 10.8 Å². The normalized spacial score (nSPS) is 10.6. The predicted octanol–water partition coefficient (Wildman–Crippen LogP) is 0.551. The fourth-order valence-corrected chi connectivity index (χ4v) is 0.594. The maximum Gasteiger partial charge on any atom is 0.333 e. The largest absolute Gasteiger partial charge is 0.461 e. The summed E-state index contributed by atoms with van der Waals surface area (Å²) in [5, 5.41) is 8.68. The molecule has 0 saturated carbocycles. The fraction of sp³-hybridized carbons (Fsp3) is 0.538. The smallest absolute Gasteiger partial charge is 0.333 e. The molecule has 0 saturated heterocycles. The second-order valence-electron chi connectivity index (χ2n) is 3.93. The maximum atomic E-state index is 10.6. The number of aliphatic hydroxyl groups is 1. The summed E-state index contributed by atoms with van der Waals surface area (Å²) in [5.41, 5.74) is 5.82. The molecule has 6 heteroatoms. The van der Waals surface area contributed by atoms with Crippen molar-refractivity contribution >= 4 is 11.9 Å². The van der Waals surface area contributed by atoms with Crippen molar-refractivity contribution in [2.24, 2.45) is 5.73 Å². The molecule has 1 atom stereocenters. The highest BCUT2D eigenvalue weighted by atomic mass is 16.5. The number of carbonyl (C=O) groups excluding carboxylic acids is 2. The quantitative estimate of drug-likeness (QED) is 0.541. The summed E-state index contributed by atoms with van der Waals surface area (Å²) in [7, 11) is 0. The third-order valence-corrected chi connectivity index (χ3v) is 1.50. The number of nitrogens with two attached hydrogens (primary N) is 1. The SMILES string of the molecule is C=C(C)C(=O)OCC(C)O.C=C(C)C(=O)OCCN. The first-order valence-corrected chi connectivity index (χ1v) is 5.75. The van der Waals surface area contributed by atoms with E-state index in [1.165, 1.54) is 0 Å². The van der Waals surface area contributed by atoms with Gasteiger partial charge in [-0.2, -0.15) is 0 Å². The predicted molar refractivity (Wildman–Crippen MR) is 72.3 cm³/mol. The minimum Gasteiger partial charge on any atom is -0.461 e. The summed E-state index contributed by atoms with van der Waals surface area (Å²) in [5.74, 6) is -0.832. The maximum absolute atomic E-state index is 10.6. The number of esters is 2. The van der Waals surface area contributed by atoms with E-state index < -0.39 is 12.1 Å². The molecule has 0 aromatic rings. The molecule has 0 aromatic carbocycles. The van der Waals surface area contributed by atoms with E-state index in [-0.39, 0.29) is 19.2 Å². The fourth-order valence-electron chi connectivity index (χ4n) is 0.594. The molecule has 110 valence electrons. The molecule has 0 aliphatic heterocycles. The summed E-state index contributed by atoms with van der Waals surface area (Å²) in [6.45, 7) is 12.1. The second kappa shape index (κ2) is 11.4. The van der Waals surface area contributed by atoms with Gasteiger partial charge in [-0.05, 0) is 20.8 Å². The van der Waals surface area contributed by atoms with E-state index in [0.717, 1.165) is 0 Å². The zero-order valence-corrected chi connectivity index (χ0v) is 11.8. The Bertz CT molecular complexity index is 323. The average Bonchev–Trinajstić information content (AvgIpc) is 2.33.